The summed E-state index contributed by atoms with van der Waals surface area (Å²) in [4.78, 5) is 35.9. The number of unbranched alkanes of at least 4 members (excludes halogenated alkanes) is 3. The van der Waals surface area contributed by atoms with Gasteiger partial charge in [0.1, 0.15) is 17.3 Å². The van der Waals surface area contributed by atoms with Gasteiger partial charge in [-0.25, -0.2) is 17.9 Å². The number of likely N-dealkylation sites (N-methyl/N-ethyl adjacent to an activating group) is 1. The number of anilines is 1. The number of aromatic amines is 1. The van der Waals surface area contributed by atoms with Crippen LogP contribution in [0.2, 0.25) is 0 Å². The van der Waals surface area contributed by atoms with Crippen LogP contribution in [0.4, 0.5) is 5.69 Å². The van der Waals surface area contributed by atoms with Crippen molar-refractivity contribution in [1.29, 1.82) is 0 Å². The van der Waals surface area contributed by atoms with E-state index < -0.39 is 21.7 Å². The molecule has 2 N–H and O–H groups in total. The van der Waals surface area contributed by atoms with Crippen molar-refractivity contribution in [3.63, 3.8) is 0 Å². The molecule has 2 aromatic heterocycles. The maximum Gasteiger partial charge on any atom is 0.277 e. The minimum atomic E-state index is -3.76. The lowest BCUT2D eigenvalue weighted by atomic mass is 9.97. The molecule has 1 aliphatic heterocycles. The molecule has 0 radical (unpaired) electrons. The zero-order valence-electron chi connectivity index (χ0n) is 26.0. The summed E-state index contributed by atoms with van der Waals surface area (Å²) >= 11 is 0. The molecule has 43 heavy (non-hydrogen) atoms. The number of fused-ring (bicyclic) bond motifs is 1. The Hall–Kier alpha value is -3.29. The van der Waals surface area contributed by atoms with E-state index in [0.717, 1.165) is 37.9 Å². The molecule has 3 aromatic rings. The van der Waals surface area contributed by atoms with Crippen molar-refractivity contribution in [3.8, 4) is 17.1 Å². The molecule has 236 valence electrons. The number of nitrogens with one attached hydrogen (secondary N) is 2. The summed E-state index contributed by atoms with van der Waals surface area (Å²) < 4.78 is 34.6. The van der Waals surface area contributed by atoms with E-state index in [1.54, 1.807) is 22.7 Å². The van der Waals surface area contributed by atoms with E-state index in [9.17, 15) is 18.0 Å². The molecular weight excluding hydrogens is 570 g/mol. The number of hydrogen-bond acceptors (Lipinski definition) is 8. The van der Waals surface area contributed by atoms with Crippen LogP contribution in [0.15, 0.2) is 23.0 Å². The Morgan fingerprint density at radius 2 is 1.86 bits per heavy atom. The second-order valence-corrected chi connectivity index (χ2v) is 13.2. The zero-order chi connectivity index (χ0) is 31.1. The summed E-state index contributed by atoms with van der Waals surface area (Å²) in [6.45, 7) is 10.3. The number of aromatic nitrogens is 4. The fraction of sp³-hybridized carbons (Fsp3) is 0.600. The lowest BCUT2D eigenvalue weighted by Crippen LogP contribution is -2.48. The first-order valence-corrected chi connectivity index (χ1v) is 16.9. The number of nitrogens with zero attached hydrogens (tertiary/aromatic N) is 5. The summed E-state index contributed by atoms with van der Waals surface area (Å²) in [5.74, 6) is 0.344. The van der Waals surface area contributed by atoms with Gasteiger partial charge < -0.3 is 19.9 Å². The van der Waals surface area contributed by atoms with Gasteiger partial charge in [-0.3, -0.25) is 9.59 Å². The highest BCUT2D eigenvalue weighted by molar-refractivity contribution is 7.89. The molecule has 1 fully saturated rings. The largest absolute Gasteiger partial charge is 0.493 e. The minimum absolute atomic E-state index is 0.152. The first-order chi connectivity index (χ1) is 20.6. The van der Waals surface area contributed by atoms with Gasteiger partial charge in [0.15, 0.2) is 11.3 Å². The summed E-state index contributed by atoms with van der Waals surface area (Å²) in [5.41, 5.74) is 1.53. The van der Waals surface area contributed by atoms with Crippen LogP contribution in [0.1, 0.15) is 76.7 Å². The lowest BCUT2D eigenvalue weighted by Gasteiger charge is -2.31. The number of piperazine rings is 1. The van der Waals surface area contributed by atoms with Gasteiger partial charge in [0.05, 0.1) is 17.9 Å². The smallest absolute Gasteiger partial charge is 0.277 e. The Kier molecular flexibility index (Phi) is 11.0. The molecule has 0 aliphatic carbocycles. The number of carbonyl (C=O) groups is 1. The van der Waals surface area contributed by atoms with E-state index in [-0.39, 0.29) is 17.3 Å². The number of H-pyrrole nitrogens is 1. The summed E-state index contributed by atoms with van der Waals surface area (Å²) in [6.07, 6.45) is 6.42. The van der Waals surface area contributed by atoms with E-state index in [1.165, 1.54) is 10.7 Å². The molecule has 1 unspecified atom stereocenters. The number of benzene rings is 1. The van der Waals surface area contributed by atoms with Crippen molar-refractivity contribution in [2.45, 2.75) is 72.1 Å². The third kappa shape index (κ3) is 7.81. The average molecular weight is 616 g/mol. The number of aryl methyl sites for hydroxylation is 1. The molecule has 0 spiro atoms. The van der Waals surface area contributed by atoms with Crippen LogP contribution in [0.25, 0.3) is 16.9 Å². The Labute approximate surface area is 253 Å². The van der Waals surface area contributed by atoms with Gasteiger partial charge in [0, 0.05) is 37.8 Å². The molecule has 1 atom stereocenters. The third-order valence-corrected chi connectivity index (χ3v) is 9.73. The van der Waals surface area contributed by atoms with E-state index in [1.807, 2.05) is 25.8 Å². The van der Waals surface area contributed by atoms with Crippen molar-refractivity contribution in [3.05, 3.63) is 40.1 Å². The quantitative estimate of drug-likeness (QED) is 0.261. The summed E-state index contributed by atoms with van der Waals surface area (Å²) in [7, 11) is -1.82. The predicted molar refractivity (Wildman–Crippen MR) is 168 cm³/mol. The maximum atomic E-state index is 13.3. The molecule has 1 amide bonds. The van der Waals surface area contributed by atoms with Gasteiger partial charge in [-0.15, -0.1) is 5.10 Å². The molecule has 1 saturated heterocycles. The standard InChI is InChI=1S/C30H45N7O5S/c1-6-9-10-11-12-22(7-2)29-31-21(4)27-30(39)33-28(34-37(27)29)24-19-23(13-14-25(24)42-8-3)32-26(38)20-43(40,41)36-17-15-35(5)16-18-36/h13-14,19,22H,6-12,15-18,20H2,1-5H3,(H,32,38)(H,33,34,39). The van der Waals surface area contributed by atoms with Crippen LogP contribution in [0.5, 0.6) is 5.75 Å². The fourth-order valence-electron chi connectivity index (χ4n) is 5.51. The average Bonchev–Trinajstić information content (AvgIpc) is 3.30. The molecule has 1 aromatic carbocycles. The van der Waals surface area contributed by atoms with Crippen molar-refractivity contribution in [1.82, 2.24) is 28.8 Å². The molecule has 4 rings (SSSR count). The third-order valence-electron chi connectivity index (χ3n) is 7.95. The second-order valence-electron chi connectivity index (χ2n) is 11.2. The molecule has 13 heteroatoms. The van der Waals surface area contributed by atoms with E-state index in [2.05, 4.69) is 24.1 Å². The molecule has 0 saturated carbocycles. The van der Waals surface area contributed by atoms with Crippen molar-refractivity contribution in [2.75, 3.05) is 50.9 Å². The van der Waals surface area contributed by atoms with Crippen LogP contribution >= 0.6 is 0 Å². The molecule has 0 bridgehead atoms. The summed E-state index contributed by atoms with van der Waals surface area (Å²) in [5, 5.41) is 7.53. The topological polar surface area (TPSA) is 142 Å². The molecule has 12 nitrogen and oxygen atoms in total. The normalized spacial score (nSPS) is 15.6. The van der Waals surface area contributed by atoms with E-state index in [4.69, 9.17) is 14.8 Å². The Morgan fingerprint density at radius 1 is 1.12 bits per heavy atom. The highest BCUT2D eigenvalue weighted by Gasteiger charge is 2.28. The van der Waals surface area contributed by atoms with Gasteiger partial charge in [0.2, 0.25) is 15.9 Å². The van der Waals surface area contributed by atoms with E-state index in [0.29, 0.717) is 61.0 Å². The number of rotatable bonds is 14. The maximum absolute atomic E-state index is 13.3. The van der Waals surface area contributed by atoms with Crippen molar-refractivity contribution < 1.29 is 17.9 Å². The predicted octanol–water partition coefficient (Wildman–Crippen LogP) is 3.77. The highest BCUT2D eigenvalue weighted by Crippen LogP contribution is 2.32. The SMILES string of the molecule is CCCCCCC(CC)c1nc(C)c2c(=O)[nH]c(-c3cc(NC(=O)CS(=O)(=O)N4CCN(C)CC4)ccc3OCC)nn12. The second kappa shape index (κ2) is 14.5. The molecule has 3 heterocycles. The minimum Gasteiger partial charge on any atom is -0.493 e. The highest BCUT2D eigenvalue weighted by atomic mass is 32.2. The van der Waals surface area contributed by atoms with Gasteiger partial charge >= 0.3 is 0 Å². The zero-order valence-corrected chi connectivity index (χ0v) is 26.8. The van der Waals surface area contributed by atoms with Crippen LogP contribution in [0.3, 0.4) is 0 Å². The Morgan fingerprint density at radius 3 is 2.53 bits per heavy atom. The monoisotopic (exact) mass is 615 g/mol. The number of ether oxygens (including phenoxy) is 1. The first-order valence-electron chi connectivity index (χ1n) is 15.3. The Balaban J connectivity index is 1.64. The molecule has 1 aliphatic rings. The van der Waals surface area contributed by atoms with Gasteiger partial charge in [-0.1, -0.05) is 39.5 Å². The first kappa shape index (κ1) is 32.6. The van der Waals surface area contributed by atoms with Crippen LogP contribution in [-0.2, 0) is 14.8 Å². The van der Waals surface area contributed by atoms with Gasteiger partial charge in [0.25, 0.3) is 5.56 Å². The van der Waals surface area contributed by atoms with Gasteiger partial charge in [-0.2, -0.15) is 4.31 Å². The number of hydrogen-bond donors (Lipinski definition) is 2. The lowest BCUT2D eigenvalue weighted by molar-refractivity contribution is -0.113. The van der Waals surface area contributed by atoms with Crippen LogP contribution < -0.4 is 15.6 Å². The number of imidazole rings is 1. The van der Waals surface area contributed by atoms with Crippen LogP contribution in [0, 0.1) is 6.92 Å². The molecular formula is C30H45N7O5S. The fourth-order valence-corrected chi connectivity index (χ4v) is 6.81. The number of carbonyl (C=O) groups excluding carboxylic acids is 1. The summed E-state index contributed by atoms with van der Waals surface area (Å²) in [6, 6.07) is 4.96. The number of sulfonamides is 1. The van der Waals surface area contributed by atoms with E-state index >= 15 is 0 Å². The number of amides is 1. The van der Waals surface area contributed by atoms with Crippen molar-refractivity contribution in [2.24, 2.45) is 0 Å². The van der Waals surface area contributed by atoms with Crippen LogP contribution in [-0.4, -0.2) is 88.7 Å². The Bertz CT molecular complexity index is 1580. The van der Waals surface area contributed by atoms with Crippen molar-refractivity contribution >= 4 is 27.1 Å². The van der Waals surface area contributed by atoms with Gasteiger partial charge in [-0.05, 0) is 51.9 Å².